The quantitative estimate of drug-likeness (QED) is 0.589. The zero-order valence-electron chi connectivity index (χ0n) is 10.7. The minimum atomic E-state index is 0.267. The lowest BCUT2D eigenvalue weighted by molar-refractivity contribution is 0.400. The van der Waals surface area contributed by atoms with Crippen LogP contribution in [0.2, 0.25) is 0 Å². The number of nitrogens with one attached hydrogen (secondary N) is 1. The molecule has 0 aromatic carbocycles. The molecule has 1 aromatic rings. The van der Waals surface area contributed by atoms with Crippen molar-refractivity contribution in [1.29, 1.82) is 0 Å². The summed E-state index contributed by atoms with van der Waals surface area (Å²) in [7, 11) is 0. The van der Waals surface area contributed by atoms with Crippen molar-refractivity contribution in [1.82, 2.24) is 15.2 Å². The van der Waals surface area contributed by atoms with E-state index in [4.69, 9.17) is 5.84 Å². The van der Waals surface area contributed by atoms with Crippen molar-refractivity contribution in [3.63, 3.8) is 0 Å². The first-order valence-corrected chi connectivity index (χ1v) is 6.82. The second-order valence-corrected chi connectivity index (χ2v) is 5.14. The first kappa shape index (κ1) is 12.6. The molecule has 1 aliphatic carbocycles. The summed E-state index contributed by atoms with van der Waals surface area (Å²) in [4.78, 5) is 0. The van der Waals surface area contributed by atoms with Crippen LogP contribution in [-0.2, 0) is 6.54 Å². The van der Waals surface area contributed by atoms with Gasteiger partial charge >= 0.3 is 0 Å². The lowest BCUT2D eigenvalue weighted by Gasteiger charge is -2.18. The number of nitrogens with two attached hydrogens (primary N) is 1. The number of hydrogen-bond acceptors (Lipinski definition) is 3. The third kappa shape index (κ3) is 3.30. The molecule has 1 atom stereocenters. The molecule has 4 nitrogen and oxygen atoms in total. The van der Waals surface area contributed by atoms with Gasteiger partial charge in [0.05, 0.1) is 6.20 Å². The van der Waals surface area contributed by atoms with Crippen molar-refractivity contribution in [2.24, 2.45) is 11.8 Å². The largest absolute Gasteiger partial charge is 0.272 e. The highest BCUT2D eigenvalue weighted by atomic mass is 15.3. The van der Waals surface area contributed by atoms with Crippen LogP contribution in [0.25, 0.3) is 0 Å². The molecule has 4 heteroatoms. The number of nitrogens with zero attached hydrogens (tertiary/aromatic N) is 2. The van der Waals surface area contributed by atoms with E-state index in [-0.39, 0.29) is 6.04 Å². The minimum Gasteiger partial charge on any atom is -0.272 e. The fraction of sp³-hybridized carbons (Fsp3) is 0.769. The van der Waals surface area contributed by atoms with Gasteiger partial charge in [0, 0.05) is 24.3 Å². The van der Waals surface area contributed by atoms with Crippen LogP contribution in [0.15, 0.2) is 12.4 Å². The van der Waals surface area contributed by atoms with Crippen LogP contribution in [0.3, 0.4) is 0 Å². The number of rotatable bonds is 6. The minimum absolute atomic E-state index is 0.267. The Hall–Kier alpha value is -0.870. The molecule has 0 aliphatic heterocycles. The van der Waals surface area contributed by atoms with Crippen molar-refractivity contribution in [3.05, 3.63) is 18.0 Å². The van der Waals surface area contributed by atoms with Crippen molar-refractivity contribution < 1.29 is 0 Å². The molecule has 1 aromatic heterocycles. The van der Waals surface area contributed by atoms with Crippen LogP contribution < -0.4 is 11.3 Å². The maximum Gasteiger partial charge on any atom is 0.0538 e. The summed E-state index contributed by atoms with van der Waals surface area (Å²) in [6.07, 6.45) is 11.8. The molecule has 2 rings (SSSR count). The second-order valence-electron chi connectivity index (χ2n) is 5.14. The van der Waals surface area contributed by atoms with Crippen molar-refractivity contribution in [2.75, 3.05) is 0 Å². The zero-order chi connectivity index (χ0) is 12.1. The molecule has 1 saturated carbocycles. The summed E-state index contributed by atoms with van der Waals surface area (Å²) >= 11 is 0. The van der Waals surface area contributed by atoms with E-state index < -0.39 is 0 Å². The summed E-state index contributed by atoms with van der Waals surface area (Å²) in [6.45, 7) is 3.15. The Morgan fingerprint density at radius 3 is 2.94 bits per heavy atom. The summed E-state index contributed by atoms with van der Waals surface area (Å²) in [6, 6.07) is 0.267. The molecule has 96 valence electrons. The van der Waals surface area contributed by atoms with Gasteiger partial charge < -0.3 is 0 Å². The van der Waals surface area contributed by atoms with Gasteiger partial charge in [-0.05, 0) is 18.8 Å². The molecule has 0 bridgehead atoms. The lowest BCUT2D eigenvalue weighted by Crippen LogP contribution is -2.29. The van der Waals surface area contributed by atoms with Gasteiger partial charge in [0.2, 0.25) is 0 Å². The van der Waals surface area contributed by atoms with Crippen LogP contribution in [0.4, 0.5) is 0 Å². The average molecular weight is 236 g/mol. The topological polar surface area (TPSA) is 55.9 Å². The van der Waals surface area contributed by atoms with Gasteiger partial charge in [0.15, 0.2) is 0 Å². The van der Waals surface area contributed by atoms with E-state index in [0.29, 0.717) is 0 Å². The van der Waals surface area contributed by atoms with Crippen LogP contribution in [0.5, 0.6) is 0 Å². The van der Waals surface area contributed by atoms with Crippen LogP contribution in [-0.4, -0.2) is 9.78 Å². The molecule has 0 amide bonds. The fourth-order valence-electron chi connectivity index (χ4n) is 2.79. The predicted molar refractivity (Wildman–Crippen MR) is 69.2 cm³/mol. The van der Waals surface area contributed by atoms with Crippen LogP contribution in [0.1, 0.15) is 57.1 Å². The highest BCUT2D eigenvalue weighted by Crippen LogP contribution is 2.32. The van der Waals surface area contributed by atoms with Crippen molar-refractivity contribution in [2.45, 2.75) is 58.0 Å². The van der Waals surface area contributed by atoms with Crippen molar-refractivity contribution in [3.8, 4) is 0 Å². The molecule has 1 unspecified atom stereocenters. The van der Waals surface area contributed by atoms with Crippen LogP contribution in [0, 0.1) is 5.92 Å². The van der Waals surface area contributed by atoms with Gasteiger partial charge in [-0.1, -0.05) is 32.6 Å². The van der Waals surface area contributed by atoms with E-state index in [1.165, 1.54) is 31.2 Å². The first-order chi connectivity index (χ1) is 8.33. The monoisotopic (exact) mass is 236 g/mol. The molecular weight excluding hydrogens is 212 g/mol. The van der Waals surface area contributed by atoms with E-state index in [0.717, 1.165) is 25.3 Å². The molecule has 0 saturated heterocycles. The summed E-state index contributed by atoms with van der Waals surface area (Å²) in [5.74, 6) is 6.52. The van der Waals surface area contributed by atoms with E-state index >= 15 is 0 Å². The maximum absolute atomic E-state index is 5.68. The SMILES string of the molecule is CCCn1cc(C(CC2CCCC2)NN)cn1. The lowest BCUT2D eigenvalue weighted by atomic mass is 9.96. The van der Waals surface area contributed by atoms with Gasteiger partial charge in [0.1, 0.15) is 0 Å². The molecule has 0 spiro atoms. The molecule has 3 N–H and O–H groups in total. The van der Waals surface area contributed by atoms with Crippen molar-refractivity contribution >= 4 is 0 Å². The maximum atomic E-state index is 5.68. The van der Waals surface area contributed by atoms with Crippen LogP contribution >= 0.6 is 0 Å². The van der Waals surface area contributed by atoms with Gasteiger partial charge in [0.25, 0.3) is 0 Å². The normalized spacial score (nSPS) is 18.7. The smallest absolute Gasteiger partial charge is 0.0538 e. The van der Waals surface area contributed by atoms with E-state index in [9.17, 15) is 0 Å². The second kappa shape index (κ2) is 6.17. The third-order valence-electron chi connectivity index (χ3n) is 3.75. The van der Waals surface area contributed by atoms with Gasteiger partial charge in [-0.15, -0.1) is 0 Å². The van der Waals surface area contributed by atoms with Gasteiger partial charge in [-0.25, -0.2) is 0 Å². The zero-order valence-corrected chi connectivity index (χ0v) is 10.7. The Balaban J connectivity index is 1.95. The Bertz CT molecular complexity index is 328. The van der Waals surface area contributed by atoms with E-state index in [2.05, 4.69) is 23.6 Å². The number of hydrazine groups is 1. The molecular formula is C13H24N4. The summed E-state index contributed by atoms with van der Waals surface area (Å²) in [5.41, 5.74) is 4.18. The third-order valence-corrected chi connectivity index (χ3v) is 3.75. The summed E-state index contributed by atoms with van der Waals surface area (Å²) in [5, 5.41) is 4.37. The Morgan fingerprint density at radius 1 is 1.53 bits per heavy atom. The van der Waals surface area contributed by atoms with Gasteiger partial charge in [-0.2, -0.15) is 5.10 Å². The number of aromatic nitrogens is 2. The molecule has 1 fully saturated rings. The Labute approximate surface area is 104 Å². The predicted octanol–water partition coefficient (Wildman–Crippen LogP) is 2.38. The molecule has 17 heavy (non-hydrogen) atoms. The number of aryl methyl sites for hydroxylation is 1. The Kier molecular flexibility index (Phi) is 4.57. The summed E-state index contributed by atoms with van der Waals surface area (Å²) < 4.78 is 2.01. The fourth-order valence-corrected chi connectivity index (χ4v) is 2.79. The highest BCUT2D eigenvalue weighted by Gasteiger charge is 2.21. The number of hydrogen-bond donors (Lipinski definition) is 2. The first-order valence-electron chi connectivity index (χ1n) is 6.82. The molecule has 1 heterocycles. The standard InChI is InChI=1S/C13H24N4/c1-2-7-17-10-12(9-15-17)13(16-14)8-11-5-3-4-6-11/h9-11,13,16H,2-8,14H2,1H3. The molecule has 0 radical (unpaired) electrons. The van der Waals surface area contributed by atoms with Gasteiger partial charge in [-0.3, -0.25) is 16.0 Å². The Morgan fingerprint density at radius 2 is 2.29 bits per heavy atom. The average Bonchev–Trinajstić information content (AvgIpc) is 2.97. The van der Waals surface area contributed by atoms with E-state index in [1.807, 2.05) is 10.9 Å². The molecule has 1 aliphatic rings. The highest BCUT2D eigenvalue weighted by molar-refractivity contribution is 5.10. The van der Waals surface area contributed by atoms with E-state index in [1.54, 1.807) is 0 Å².